The molecule has 1 heterocycles. The molecule has 0 fully saturated rings. The van der Waals surface area contributed by atoms with E-state index in [0.717, 1.165) is 17.1 Å². The molecule has 0 unspecified atom stereocenters. The van der Waals surface area contributed by atoms with Crippen LogP contribution in [0.3, 0.4) is 0 Å². The highest BCUT2D eigenvalue weighted by atomic mass is 16.5. The molecule has 1 aromatic carbocycles. The number of aromatic nitrogens is 3. The summed E-state index contributed by atoms with van der Waals surface area (Å²) in [6.07, 6.45) is 0.590. The summed E-state index contributed by atoms with van der Waals surface area (Å²) < 4.78 is 6.89. The molecule has 5 nitrogen and oxygen atoms in total. The number of aromatic amines is 1. The maximum absolute atomic E-state index is 11.8. The molecule has 0 aliphatic rings. The lowest BCUT2D eigenvalue weighted by Gasteiger charge is -2.21. The lowest BCUT2D eigenvalue weighted by atomic mass is 10.1. The van der Waals surface area contributed by atoms with Crippen molar-refractivity contribution in [2.24, 2.45) is 0 Å². The Morgan fingerprint density at radius 1 is 1.37 bits per heavy atom. The van der Waals surface area contributed by atoms with Gasteiger partial charge in [-0.05, 0) is 38.5 Å². The fourth-order valence-corrected chi connectivity index (χ4v) is 2.10. The predicted molar refractivity (Wildman–Crippen MR) is 73.6 cm³/mol. The van der Waals surface area contributed by atoms with Crippen LogP contribution in [0.25, 0.3) is 0 Å². The Kier molecular flexibility index (Phi) is 3.46. The molecule has 102 valence electrons. The number of rotatable bonds is 3. The van der Waals surface area contributed by atoms with Gasteiger partial charge in [0.25, 0.3) is 0 Å². The van der Waals surface area contributed by atoms with Crippen molar-refractivity contribution >= 4 is 0 Å². The van der Waals surface area contributed by atoms with E-state index in [9.17, 15) is 4.79 Å². The first-order chi connectivity index (χ1) is 8.91. The molecular weight excluding hydrogens is 242 g/mol. The Morgan fingerprint density at radius 2 is 2.11 bits per heavy atom. The van der Waals surface area contributed by atoms with Crippen LogP contribution in [0.5, 0.6) is 5.75 Å². The van der Waals surface area contributed by atoms with E-state index in [1.807, 2.05) is 45.0 Å². The summed E-state index contributed by atoms with van der Waals surface area (Å²) in [5, 5.41) is 6.64. The SMILES string of the molecule is COc1cccc(Cc2n[nH]c(=O)n2C(C)(C)C)c1. The van der Waals surface area contributed by atoms with Crippen LogP contribution < -0.4 is 10.4 Å². The van der Waals surface area contributed by atoms with Crippen molar-refractivity contribution in [2.45, 2.75) is 32.7 Å². The average Bonchev–Trinajstić information content (AvgIpc) is 2.70. The number of H-pyrrole nitrogens is 1. The third-order valence-corrected chi connectivity index (χ3v) is 2.91. The maximum atomic E-state index is 11.8. The van der Waals surface area contributed by atoms with Gasteiger partial charge in [-0.25, -0.2) is 9.89 Å². The summed E-state index contributed by atoms with van der Waals surface area (Å²) in [7, 11) is 1.64. The molecule has 0 aliphatic carbocycles. The molecule has 19 heavy (non-hydrogen) atoms. The first kappa shape index (κ1) is 13.4. The zero-order chi connectivity index (χ0) is 14.0. The monoisotopic (exact) mass is 261 g/mol. The van der Waals surface area contributed by atoms with Gasteiger partial charge >= 0.3 is 5.69 Å². The summed E-state index contributed by atoms with van der Waals surface area (Å²) in [6, 6.07) is 7.77. The molecule has 1 aromatic heterocycles. The topological polar surface area (TPSA) is 59.9 Å². The van der Waals surface area contributed by atoms with Crippen LogP contribution in [0.2, 0.25) is 0 Å². The molecule has 2 rings (SSSR count). The molecule has 0 atom stereocenters. The second-order valence-electron chi connectivity index (χ2n) is 5.48. The van der Waals surface area contributed by atoms with Gasteiger partial charge in [-0.2, -0.15) is 5.10 Å². The molecule has 5 heteroatoms. The number of benzene rings is 1. The van der Waals surface area contributed by atoms with Gasteiger partial charge in [0, 0.05) is 12.0 Å². The second-order valence-corrected chi connectivity index (χ2v) is 5.48. The molecular formula is C14H19N3O2. The van der Waals surface area contributed by atoms with Crippen LogP contribution in [-0.2, 0) is 12.0 Å². The molecule has 0 aliphatic heterocycles. The summed E-state index contributed by atoms with van der Waals surface area (Å²) >= 11 is 0. The Hall–Kier alpha value is -2.04. The van der Waals surface area contributed by atoms with Gasteiger partial charge in [-0.1, -0.05) is 12.1 Å². The van der Waals surface area contributed by atoms with Crippen molar-refractivity contribution in [3.63, 3.8) is 0 Å². The van der Waals surface area contributed by atoms with Gasteiger partial charge in [-0.3, -0.25) is 4.57 Å². The molecule has 0 saturated carbocycles. The number of nitrogens with zero attached hydrogens (tertiary/aromatic N) is 2. The van der Waals surface area contributed by atoms with Crippen molar-refractivity contribution < 1.29 is 4.74 Å². The number of methoxy groups -OCH3 is 1. The summed E-state index contributed by atoms with van der Waals surface area (Å²) in [5.41, 5.74) is 0.590. The van der Waals surface area contributed by atoms with E-state index in [1.54, 1.807) is 11.7 Å². The van der Waals surface area contributed by atoms with Crippen LogP contribution in [0, 0.1) is 0 Å². The smallest absolute Gasteiger partial charge is 0.343 e. The number of hydrogen-bond acceptors (Lipinski definition) is 3. The van der Waals surface area contributed by atoms with E-state index in [2.05, 4.69) is 10.2 Å². The van der Waals surface area contributed by atoms with Crippen molar-refractivity contribution in [3.05, 3.63) is 46.1 Å². The number of ether oxygens (including phenoxy) is 1. The first-order valence-corrected chi connectivity index (χ1v) is 6.21. The van der Waals surface area contributed by atoms with Crippen LogP contribution in [-0.4, -0.2) is 21.9 Å². The van der Waals surface area contributed by atoms with Crippen molar-refractivity contribution in [1.82, 2.24) is 14.8 Å². The zero-order valence-electron chi connectivity index (χ0n) is 11.7. The molecule has 2 aromatic rings. The number of nitrogens with one attached hydrogen (secondary N) is 1. The highest BCUT2D eigenvalue weighted by Crippen LogP contribution is 2.18. The molecule has 0 bridgehead atoms. The van der Waals surface area contributed by atoms with Gasteiger partial charge in [-0.15, -0.1) is 0 Å². The summed E-state index contributed by atoms with van der Waals surface area (Å²) in [6.45, 7) is 5.96. The highest BCUT2D eigenvalue weighted by molar-refractivity contribution is 5.30. The Morgan fingerprint density at radius 3 is 2.74 bits per heavy atom. The molecule has 0 amide bonds. The molecule has 0 spiro atoms. The third kappa shape index (κ3) is 2.86. The fraction of sp³-hybridized carbons (Fsp3) is 0.429. The van der Waals surface area contributed by atoms with Crippen LogP contribution in [0.4, 0.5) is 0 Å². The van der Waals surface area contributed by atoms with E-state index in [-0.39, 0.29) is 11.2 Å². The molecule has 0 radical (unpaired) electrons. The Labute approximate surface area is 112 Å². The van der Waals surface area contributed by atoms with Crippen molar-refractivity contribution in [1.29, 1.82) is 0 Å². The minimum atomic E-state index is -0.293. The highest BCUT2D eigenvalue weighted by Gasteiger charge is 2.20. The lowest BCUT2D eigenvalue weighted by molar-refractivity contribution is 0.373. The fourth-order valence-electron chi connectivity index (χ4n) is 2.10. The minimum Gasteiger partial charge on any atom is -0.497 e. The number of hydrogen-bond donors (Lipinski definition) is 1. The van der Waals surface area contributed by atoms with E-state index >= 15 is 0 Å². The van der Waals surface area contributed by atoms with Gasteiger partial charge in [0.05, 0.1) is 7.11 Å². The zero-order valence-corrected chi connectivity index (χ0v) is 11.7. The quantitative estimate of drug-likeness (QED) is 0.918. The molecule has 1 N–H and O–H groups in total. The largest absolute Gasteiger partial charge is 0.497 e. The standard InChI is InChI=1S/C14H19N3O2/c1-14(2,3)17-12(15-16-13(17)18)9-10-6-5-7-11(8-10)19-4/h5-8H,9H2,1-4H3,(H,16,18). The Balaban J connectivity index is 2.36. The normalized spacial score (nSPS) is 11.6. The van der Waals surface area contributed by atoms with Crippen LogP contribution in [0.15, 0.2) is 29.1 Å². The lowest BCUT2D eigenvalue weighted by Crippen LogP contribution is -2.33. The average molecular weight is 261 g/mol. The summed E-state index contributed by atoms with van der Waals surface area (Å²) in [4.78, 5) is 11.8. The second kappa shape index (κ2) is 4.91. The van der Waals surface area contributed by atoms with Gasteiger partial charge in [0.1, 0.15) is 11.6 Å². The van der Waals surface area contributed by atoms with Crippen LogP contribution >= 0.6 is 0 Å². The van der Waals surface area contributed by atoms with E-state index in [0.29, 0.717) is 6.42 Å². The van der Waals surface area contributed by atoms with E-state index in [4.69, 9.17) is 4.74 Å². The summed E-state index contributed by atoms with van der Waals surface area (Å²) in [5.74, 6) is 1.53. The van der Waals surface area contributed by atoms with E-state index < -0.39 is 0 Å². The van der Waals surface area contributed by atoms with Crippen molar-refractivity contribution in [2.75, 3.05) is 7.11 Å². The van der Waals surface area contributed by atoms with Crippen molar-refractivity contribution in [3.8, 4) is 5.75 Å². The van der Waals surface area contributed by atoms with Gasteiger partial charge in [0.2, 0.25) is 0 Å². The minimum absolute atomic E-state index is 0.176. The Bertz CT molecular complexity index is 620. The van der Waals surface area contributed by atoms with Gasteiger partial charge in [0.15, 0.2) is 0 Å². The van der Waals surface area contributed by atoms with E-state index in [1.165, 1.54) is 0 Å². The predicted octanol–water partition coefficient (Wildman–Crippen LogP) is 1.93. The maximum Gasteiger partial charge on any atom is 0.343 e. The first-order valence-electron chi connectivity index (χ1n) is 6.21. The van der Waals surface area contributed by atoms with Gasteiger partial charge < -0.3 is 4.74 Å². The third-order valence-electron chi connectivity index (χ3n) is 2.91. The van der Waals surface area contributed by atoms with Crippen LogP contribution in [0.1, 0.15) is 32.2 Å². The molecule has 0 saturated heterocycles.